The van der Waals surface area contributed by atoms with Crippen LogP contribution in [0.25, 0.3) is 10.8 Å². The quantitative estimate of drug-likeness (QED) is 0.807. The van der Waals surface area contributed by atoms with Crippen LogP contribution in [0.1, 0.15) is 5.69 Å². The number of benzene rings is 1. The highest BCUT2D eigenvalue weighted by Gasteiger charge is 2.09. The Hall–Kier alpha value is -1.48. The molecule has 0 fully saturated rings. The fourth-order valence-corrected chi connectivity index (χ4v) is 1.72. The first-order chi connectivity index (χ1) is 7.13. The van der Waals surface area contributed by atoms with Gasteiger partial charge < -0.3 is 10.5 Å². The highest BCUT2D eigenvalue weighted by atomic mass is 35.5. The normalized spacial score (nSPS) is 10.6. The molecule has 0 radical (unpaired) electrons. The average molecular weight is 223 g/mol. The molecular formula is C11H11ClN2O. The third kappa shape index (κ3) is 1.59. The summed E-state index contributed by atoms with van der Waals surface area (Å²) >= 11 is 5.92. The van der Waals surface area contributed by atoms with Crippen molar-refractivity contribution >= 4 is 28.1 Å². The highest BCUT2D eigenvalue weighted by molar-refractivity contribution is 6.31. The standard InChI is InChI=1S/C11H11ClN2O/c1-6-10(13)9-5-7(12)3-4-8(9)11(14-6)15-2/h3-5H,13H2,1-2H3. The van der Waals surface area contributed by atoms with Crippen LogP contribution in [0.3, 0.4) is 0 Å². The zero-order chi connectivity index (χ0) is 11.0. The molecular weight excluding hydrogens is 212 g/mol. The summed E-state index contributed by atoms with van der Waals surface area (Å²) in [6, 6.07) is 5.48. The zero-order valence-corrected chi connectivity index (χ0v) is 9.30. The van der Waals surface area contributed by atoms with Gasteiger partial charge in [0.1, 0.15) is 0 Å². The van der Waals surface area contributed by atoms with E-state index in [4.69, 9.17) is 22.1 Å². The topological polar surface area (TPSA) is 48.1 Å². The zero-order valence-electron chi connectivity index (χ0n) is 8.54. The fraction of sp³-hybridized carbons (Fsp3) is 0.182. The maximum atomic E-state index is 5.93. The lowest BCUT2D eigenvalue weighted by Crippen LogP contribution is -1.98. The predicted octanol–water partition coefficient (Wildman–Crippen LogP) is 2.79. The number of nitrogen functional groups attached to an aromatic ring is 1. The Labute approximate surface area is 92.8 Å². The molecule has 0 spiro atoms. The number of hydrogen-bond donors (Lipinski definition) is 1. The molecule has 3 nitrogen and oxygen atoms in total. The molecule has 0 atom stereocenters. The van der Waals surface area contributed by atoms with Gasteiger partial charge in [-0.1, -0.05) is 11.6 Å². The number of rotatable bonds is 1. The third-order valence-corrected chi connectivity index (χ3v) is 2.59. The van der Waals surface area contributed by atoms with Crippen molar-refractivity contribution in [3.63, 3.8) is 0 Å². The van der Waals surface area contributed by atoms with Crippen molar-refractivity contribution in [2.24, 2.45) is 0 Å². The van der Waals surface area contributed by atoms with Crippen molar-refractivity contribution < 1.29 is 4.74 Å². The average Bonchev–Trinajstić information content (AvgIpc) is 2.23. The largest absolute Gasteiger partial charge is 0.481 e. The van der Waals surface area contributed by atoms with E-state index in [-0.39, 0.29) is 0 Å². The molecule has 0 bridgehead atoms. The molecule has 2 aromatic rings. The van der Waals surface area contributed by atoms with Crippen LogP contribution < -0.4 is 10.5 Å². The summed E-state index contributed by atoms with van der Waals surface area (Å²) < 4.78 is 5.19. The summed E-state index contributed by atoms with van der Waals surface area (Å²) in [5, 5.41) is 2.42. The first-order valence-corrected chi connectivity index (χ1v) is 4.90. The molecule has 1 aromatic heterocycles. The maximum absolute atomic E-state index is 5.93. The lowest BCUT2D eigenvalue weighted by Gasteiger charge is -2.09. The Morgan fingerprint density at radius 2 is 2.07 bits per heavy atom. The van der Waals surface area contributed by atoms with Crippen molar-refractivity contribution in [2.75, 3.05) is 12.8 Å². The van der Waals surface area contributed by atoms with E-state index in [0.29, 0.717) is 16.6 Å². The van der Waals surface area contributed by atoms with E-state index >= 15 is 0 Å². The molecule has 2 N–H and O–H groups in total. The Bertz CT molecular complexity index is 525. The molecule has 2 rings (SSSR count). The van der Waals surface area contributed by atoms with Gasteiger partial charge in [-0.05, 0) is 25.1 Å². The third-order valence-electron chi connectivity index (χ3n) is 2.35. The number of aryl methyl sites for hydroxylation is 1. The van der Waals surface area contributed by atoms with Gasteiger partial charge in [0.2, 0.25) is 5.88 Å². The van der Waals surface area contributed by atoms with Gasteiger partial charge in [-0.25, -0.2) is 4.98 Å². The minimum Gasteiger partial charge on any atom is -0.481 e. The molecule has 0 aliphatic rings. The van der Waals surface area contributed by atoms with Crippen LogP contribution in [0.2, 0.25) is 5.02 Å². The van der Waals surface area contributed by atoms with Gasteiger partial charge in [0.25, 0.3) is 0 Å². The highest BCUT2D eigenvalue weighted by Crippen LogP contribution is 2.31. The molecule has 0 saturated heterocycles. The van der Waals surface area contributed by atoms with Crippen molar-refractivity contribution in [3.8, 4) is 5.88 Å². The second kappa shape index (κ2) is 3.59. The minimum absolute atomic E-state index is 0.577. The first kappa shape index (κ1) is 10.1. The molecule has 0 unspecified atom stereocenters. The molecule has 78 valence electrons. The number of nitrogens with zero attached hydrogens (tertiary/aromatic N) is 1. The van der Waals surface area contributed by atoms with Gasteiger partial charge in [0.15, 0.2) is 0 Å². The van der Waals surface area contributed by atoms with Gasteiger partial charge >= 0.3 is 0 Å². The molecule has 0 saturated carbocycles. The Morgan fingerprint density at radius 3 is 2.73 bits per heavy atom. The summed E-state index contributed by atoms with van der Waals surface area (Å²) in [7, 11) is 1.59. The van der Waals surface area contributed by atoms with Crippen LogP contribution in [0.15, 0.2) is 18.2 Å². The van der Waals surface area contributed by atoms with Crippen molar-refractivity contribution in [2.45, 2.75) is 6.92 Å². The molecule has 0 aliphatic heterocycles. The second-order valence-corrected chi connectivity index (χ2v) is 3.75. The Kier molecular flexibility index (Phi) is 2.40. The number of aromatic nitrogens is 1. The number of hydrogen-bond acceptors (Lipinski definition) is 3. The molecule has 4 heteroatoms. The van der Waals surface area contributed by atoms with Crippen molar-refractivity contribution in [1.82, 2.24) is 4.98 Å². The smallest absolute Gasteiger partial charge is 0.221 e. The fourth-order valence-electron chi connectivity index (χ4n) is 1.55. The number of nitrogens with two attached hydrogens (primary N) is 1. The number of fused-ring (bicyclic) bond motifs is 1. The van der Waals surface area contributed by atoms with Gasteiger partial charge in [0.05, 0.1) is 18.5 Å². The van der Waals surface area contributed by atoms with E-state index in [1.54, 1.807) is 13.2 Å². The van der Waals surface area contributed by atoms with Crippen molar-refractivity contribution in [3.05, 3.63) is 28.9 Å². The summed E-state index contributed by atoms with van der Waals surface area (Å²) in [6.45, 7) is 1.85. The SMILES string of the molecule is COc1nc(C)c(N)c2cc(Cl)ccc12. The van der Waals surface area contributed by atoms with Crippen LogP contribution in [-0.2, 0) is 0 Å². The number of halogens is 1. The molecule has 0 amide bonds. The van der Waals surface area contributed by atoms with Crippen molar-refractivity contribution in [1.29, 1.82) is 0 Å². The van der Waals surface area contributed by atoms with Gasteiger partial charge in [-0.3, -0.25) is 0 Å². The van der Waals surface area contributed by atoms with Gasteiger partial charge in [-0.15, -0.1) is 0 Å². The van der Waals surface area contributed by atoms with E-state index < -0.39 is 0 Å². The number of pyridine rings is 1. The Morgan fingerprint density at radius 1 is 1.33 bits per heavy atom. The summed E-state index contributed by atoms with van der Waals surface area (Å²) in [5.41, 5.74) is 7.33. The van der Waals surface area contributed by atoms with Gasteiger partial charge in [-0.2, -0.15) is 0 Å². The van der Waals surface area contributed by atoms with Crippen LogP contribution >= 0.6 is 11.6 Å². The lowest BCUT2D eigenvalue weighted by atomic mass is 10.1. The van der Waals surface area contributed by atoms with Crippen LogP contribution in [0, 0.1) is 6.92 Å². The van der Waals surface area contributed by atoms with E-state index in [0.717, 1.165) is 16.5 Å². The number of anilines is 1. The van der Waals surface area contributed by atoms with E-state index in [2.05, 4.69) is 4.98 Å². The van der Waals surface area contributed by atoms with Gasteiger partial charge in [0, 0.05) is 15.8 Å². The predicted molar refractivity (Wildman–Crippen MR) is 62.5 cm³/mol. The Balaban J connectivity index is 2.90. The lowest BCUT2D eigenvalue weighted by molar-refractivity contribution is 0.402. The van der Waals surface area contributed by atoms with Crippen LogP contribution in [0.4, 0.5) is 5.69 Å². The minimum atomic E-state index is 0.577. The second-order valence-electron chi connectivity index (χ2n) is 3.31. The number of ether oxygens (including phenoxy) is 1. The summed E-state index contributed by atoms with van der Waals surface area (Å²) in [6.07, 6.45) is 0. The summed E-state index contributed by atoms with van der Waals surface area (Å²) in [5.74, 6) is 0.577. The molecule has 1 aromatic carbocycles. The molecule has 0 aliphatic carbocycles. The number of methoxy groups -OCH3 is 1. The van der Waals surface area contributed by atoms with Crippen LogP contribution in [0.5, 0.6) is 5.88 Å². The van der Waals surface area contributed by atoms with E-state index in [1.165, 1.54) is 0 Å². The molecule has 15 heavy (non-hydrogen) atoms. The summed E-state index contributed by atoms with van der Waals surface area (Å²) in [4.78, 5) is 4.26. The monoisotopic (exact) mass is 222 g/mol. The van der Waals surface area contributed by atoms with E-state index in [9.17, 15) is 0 Å². The van der Waals surface area contributed by atoms with E-state index in [1.807, 2.05) is 19.1 Å². The van der Waals surface area contributed by atoms with Crippen LogP contribution in [-0.4, -0.2) is 12.1 Å². The maximum Gasteiger partial charge on any atom is 0.221 e. The molecule has 1 heterocycles. The first-order valence-electron chi connectivity index (χ1n) is 4.53.